The lowest BCUT2D eigenvalue weighted by molar-refractivity contribution is 0.414. The van der Waals surface area contributed by atoms with Gasteiger partial charge in [0.05, 0.1) is 23.9 Å². The highest BCUT2D eigenvalue weighted by molar-refractivity contribution is 6.16. The van der Waals surface area contributed by atoms with E-state index in [1.54, 1.807) is 43.8 Å². The van der Waals surface area contributed by atoms with Crippen LogP contribution in [0, 0.1) is 22.7 Å². The van der Waals surface area contributed by atoms with E-state index < -0.39 is 0 Å². The molecule has 0 aliphatic carbocycles. The molecule has 0 saturated heterocycles. The number of pyridine rings is 1. The highest BCUT2D eigenvalue weighted by atomic mass is 16.5. The highest BCUT2D eigenvalue weighted by Gasteiger charge is 2.24. The first-order chi connectivity index (χ1) is 12.7. The fraction of sp³-hybridized carbons (Fsp3) is 0.0500. The fourth-order valence-corrected chi connectivity index (χ4v) is 3.16. The number of rotatable bonds is 2. The van der Waals surface area contributed by atoms with Gasteiger partial charge in [-0.05, 0) is 29.8 Å². The average molecular weight is 340 g/mol. The summed E-state index contributed by atoms with van der Waals surface area (Å²) in [4.78, 5) is 4.01. The van der Waals surface area contributed by atoms with Crippen LogP contribution in [0.3, 0.4) is 0 Å². The van der Waals surface area contributed by atoms with Crippen LogP contribution in [-0.2, 0) is 0 Å². The molecule has 4 aromatic rings. The normalized spacial score (nSPS) is 10.6. The second-order valence-corrected chi connectivity index (χ2v) is 5.67. The van der Waals surface area contributed by atoms with Crippen LogP contribution in [0.2, 0.25) is 0 Å². The molecular formula is C20H12N4O2. The van der Waals surface area contributed by atoms with Crippen molar-refractivity contribution in [2.45, 2.75) is 0 Å². The molecule has 0 fully saturated rings. The molecule has 2 aromatic carbocycles. The maximum absolute atomic E-state index is 9.68. The summed E-state index contributed by atoms with van der Waals surface area (Å²) < 4.78 is 11.3. The monoisotopic (exact) mass is 340 g/mol. The molecule has 2 aromatic heterocycles. The summed E-state index contributed by atoms with van der Waals surface area (Å²) in [5.41, 5.74) is 9.08. The molecule has 0 spiro atoms. The highest BCUT2D eigenvalue weighted by Crippen LogP contribution is 2.43. The second kappa shape index (κ2) is 5.80. The number of nitrogen functional groups attached to an aromatic ring is 1. The van der Waals surface area contributed by atoms with Crippen LogP contribution in [0.25, 0.3) is 33.1 Å². The molecule has 0 amide bonds. The Morgan fingerprint density at radius 3 is 2.46 bits per heavy atom. The van der Waals surface area contributed by atoms with Crippen LogP contribution in [0.1, 0.15) is 11.1 Å². The summed E-state index contributed by atoms with van der Waals surface area (Å²) in [6.07, 6.45) is 3.25. The van der Waals surface area contributed by atoms with Crippen molar-refractivity contribution in [3.8, 4) is 29.0 Å². The van der Waals surface area contributed by atoms with Gasteiger partial charge in [-0.1, -0.05) is 0 Å². The minimum atomic E-state index is 0.146. The van der Waals surface area contributed by atoms with Crippen LogP contribution in [0.4, 0.5) is 5.69 Å². The van der Waals surface area contributed by atoms with Crippen LogP contribution in [-0.4, -0.2) is 12.1 Å². The van der Waals surface area contributed by atoms with Crippen LogP contribution >= 0.6 is 0 Å². The number of benzene rings is 2. The zero-order chi connectivity index (χ0) is 18.3. The van der Waals surface area contributed by atoms with Gasteiger partial charge in [-0.25, -0.2) is 0 Å². The van der Waals surface area contributed by atoms with E-state index >= 15 is 0 Å². The number of hydrogen-bond acceptors (Lipinski definition) is 6. The van der Waals surface area contributed by atoms with Gasteiger partial charge in [0.2, 0.25) is 0 Å². The van der Waals surface area contributed by atoms with Gasteiger partial charge in [0.15, 0.2) is 0 Å². The summed E-state index contributed by atoms with van der Waals surface area (Å²) in [6.45, 7) is 0. The molecule has 0 saturated carbocycles. The van der Waals surface area contributed by atoms with E-state index in [-0.39, 0.29) is 16.8 Å². The quantitative estimate of drug-likeness (QED) is 0.553. The molecule has 0 aliphatic rings. The van der Waals surface area contributed by atoms with E-state index in [2.05, 4.69) is 17.1 Å². The Balaban J connectivity index is 2.27. The maximum atomic E-state index is 9.68. The number of furan rings is 1. The lowest BCUT2D eigenvalue weighted by Crippen LogP contribution is -1.99. The number of ether oxygens (including phenoxy) is 1. The molecule has 124 valence electrons. The first-order valence-corrected chi connectivity index (χ1v) is 7.75. The van der Waals surface area contributed by atoms with E-state index in [1.807, 2.05) is 6.07 Å². The van der Waals surface area contributed by atoms with Crippen molar-refractivity contribution in [3.05, 3.63) is 53.9 Å². The Labute approximate surface area is 148 Å². The number of aromatic nitrogens is 1. The summed E-state index contributed by atoms with van der Waals surface area (Å²) in [5.74, 6) is 0.633. The molecule has 0 atom stereocenters. The van der Waals surface area contributed by atoms with Crippen molar-refractivity contribution in [3.63, 3.8) is 0 Å². The Kier molecular flexibility index (Phi) is 3.46. The van der Waals surface area contributed by atoms with Crippen molar-refractivity contribution < 1.29 is 9.15 Å². The molecule has 2 heterocycles. The number of hydrogen-bond donors (Lipinski definition) is 1. The lowest BCUT2D eigenvalue weighted by Gasteiger charge is -2.10. The third-order valence-corrected chi connectivity index (χ3v) is 4.36. The topological polar surface area (TPSA) is 109 Å². The third kappa shape index (κ3) is 2.07. The maximum Gasteiger partial charge on any atom is 0.146 e. The number of nitriles is 2. The Morgan fingerprint density at radius 1 is 1.08 bits per heavy atom. The predicted molar refractivity (Wildman–Crippen MR) is 97.3 cm³/mol. The second-order valence-electron chi connectivity index (χ2n) is 5.67. The Morgan fingerprint density at radius 2 is 1.81 bits per heavy atom. The van der Waals surface area contributed by atoms with Crippen LogP contribution in [0.15, 0.2) is 47.1 Å². The SMILES string of the molecule is COc1ccc2c(c1)oc1c(-c3ccncc3)c(C#N)c(N)c(C#N)c12. The third-order valence-electron chi connectivity index (χ3n) is 4.36. The molecular weight excluding hydrogens is 328 g/mol. The van der Waals surface area contributed by atoms with Crippen molar-refractivity contribution >= 4 is 27.6 Å². The summed E-state index contributed by atoms with van der Waals surface area (Å²) >= 11 is 0. The van der Waals surface area contributed by atoms with Crippen molar-refractivity contribution in [1.29, 1.82) is 10.5 Å². The summed E-state index contributed by atoms with van der Waals surface area (Å²) in [7, 11) is 1.57. The molecule has 0 aliphatic heterocycles. The number of nitrogens with zero attached hydrogens (tertiary/aromatic N) is 3. The first-order valence-electron chi connectivity index (χ1n) is 7.75. The molecule has 6 nitrogen and oxygen atoms in total. The predicted octanol–water partition coefficient (Wildman–Crippen LogP) is 3.98. The van der Waals surface area contributed by atoms with E-state index in [4.69, 9.17) is 14.9 Å². The van der Waals surface area contributed by atoms with Gasteiger partial charge < -0.3 is 14.9 Å². The Hall–Kier alpha value is -4.03. The molecule has 2 N–H and O–H groups in total. The standard InChI is InChI=1S/C20H12N4O2/c1-25-12-2-3-13-16(8-12)26-20-17(11-4-6-24-7-5-11)14(9-21)19(23)15(10-22)18(13)20/h2-8H,23H2,1H3. The van der Waals surface area contributed by atoms with Crippen LogP contribution < -0.4 is 10.5 Å². The van der Waals surface area contributed by atoms with Gasteiger partial charge >= 0.3 is 0 Å². The van der Waals surface area contributed by atoms with Crippen LogP contribution in [0.5, 0.6) is 5.75 Å². The summed E-state index contributed by atoms with van der Waals surface area (Å²) in [6, 6.07) is 13.1. The van der Waals surface area contributed by atoms with E-state index in [9.17, 15) is 10.5 Å². The van der Waals surface area contributed by atoms with Gasteiger partial charge in [-0.3, -0.25) is 4.98 Å². The molecule has 26 heavy (non-hydrogen) atoms. The molecule has 0 bridgehead atoms. The van der Waals surface area contributed by atoms with Gasteiger partial charge in [0.25, 0.3) is 0 Å². The smallest absolute Gasteiger partial charge is 0.146 e. The molecule has 4 rings (SSSR count). The van der Waals surface area contributed by atoms with Crippen molar-refractivity contribution in [2.24, 2.45) is 0 Å². The van der Waals surface area contributed by atoms with Crippen molar-refractivity contribution in [2.75, 3.05) is 12.8 Å². The van der Waals surface area contributed by atoms with E-state index in [0.29, 0.717) is 27.9 Å². The van der Waals surface area contributed by atoms with E-state index in [1.165, 1.54) is 0 Å². The first kappa shape index (κ1) is 15.5. The average Bonchev–Trinajstić information content (AvgIpc) is 3.05. The number of anilines is 1. The lowest BCUT2D eigenvalue weighted by atomic mass is 9.93. The van der Waals surface area contributed by atoms with Gasteiger partial charge in [-0.15, -0.1) is 0 Å². The molecule has 6 heteroatoms. The van der Waals surface area contributed by atoms with Gasteiger partial charge in [0, 0.05) is 34.8 Å². The Bertz CT molecular complexity index is 1240. The number of nitrogens with two attached hydrogens (primary N) is 1. The largest absolute Gasteiger partial charge is 0.497 e. The number of methoxy groups -OCH3 is 1. The van der Waals surface area contributed by atoms with E-state index in [0.717, 1.165) is 10.9 Å². The zero-order valence-corrected chi connectivity index (χ0v) is 13.8. The summed E-state index contributed by atoms with van der Waals surface area (Å²) in [5, 5.41) is 20.7. The minimum absolute atomic E-state index is 0.146. The van der Waals surface area contributed by atoms with Crippen molar-refractivity contribution in [1.82, 2.24) is 4.98 Å². The zero-order valence-electron chi connectivity index (χ0n) is 13.8. The van der Waals surface area contributed by atoms with Gasteiger partial charge in [-0.2, -0.15) is 10.5 Å². The van der Waals surface area contributed by atoms with Gasteiger partial charge in [0.1, 0.15) is 29.1 Å². The molecule has 0 unspecified atom stereocenters. The molecule has 0 radical (unpaired) electrons. The fourth-order valence-electron chi connectivity index (χ4n) is 3.16. The minimum Gasteiger partial charge on any atom is -0.497 e. The number of fused-ring (bicyclic) bond motifs is 3.